The molecule has 0 saturated carbocycles. The molecule has 1 amide bonds. The van der Waals surface area contributed by atoms with Gasteiger partial charge in [0.15, 0.2) is 0 Å². The summed E-state index contributed by atoms with van der Waals surface area (Å²) < 4.78 is 5.92. The number of aryl methyl sites for hydroxylation is 1. The van der Waals surface area contributed by atoms with Crippen LogP contribution in [0.4, 0.5) is 5.69 Å². The van der Waals surface area contributed by atoms with Crippen LogP contribution in [-0.2, 0) is 11.2 Å². The molecule has 3 rings (SSSR count). The quantitative estimate of drug-likeness (QED) is 0.718. The molecule has 4 nitrogen and oxygen atoms in total. The fourth-order valence-corrected chi connectivity index (χ4v) is 3.12. The van der Waals surface area contributed by atoms with E-state index in [0.29, 0.717) is 6.61 Å². The number of amides is 1. The first-order chi connectivity index (χ1) is 12.3. The smallest absolute Gasteiger partial charge is 0.227 e. The van der Waals surface area contributed by atoms with Crippen LogP contribution in [0.2, 0.25) is 0 Å². The Balaban J connectivity index is 0.00000243. The van der Waals surface area contributed by atoms with Gasteiger partial charge in [0, 0.05) is 5.92 Å². The summed E-state index contributed by atoms with van der Waals surface area (Å²) in [6.07, 6.45) is 3.73. The lowest BCUT2D eigenvalue weighted by atomic mass is 9.97. The van der Waals surface area contributed by atoms with Gasteiger partial charge < -0.3 is 15.4 Å². The zero-order chi connectivity index (χ0) is 17.3. The molecular formula is C21H27ClN2O2. The summed E-state index contributed by atoms with van der Waals surface area (Å²) in [5, 5.41) is 6.34. The zero-order valence-electron chi connectivity index (χ0n) is 14.9. The molecule has 2 aromatic carbocycles. The second-order valence-electron chi connectivity index (χ2n) is 6.45. The van der Waals surface area contributed by atoms with E-state index in [9.17, 15) is 4.79 Å². The molecular weight excluding hydrogens is 348 g/mol. The molecule has 1 saturated heterocycles. The van der Waals surface area contributed by atoms with Gasteiger partial charge >= 0.3 is 0 Å². The lowest BCUT2D eigenvalue weighted by Crippen LogP contribution is -2.34. The molecule has 1 aliphatic rings. The summed E-state index contributed by atoms with van der Waals surface area (Å²) in [7, 11) is 0. The predicted octanol–water partition coefficient (Wildman–Crippen LogP) is 4.06. The summed E-state index contributed by atoms with van der Waals surface area (Å²) in [6, 6.07) is 18.1. The van der Waals surface area contributed by atoms with Crippen molar-refractivity contribution < 1.29 is 9.53 Å². The van der Waals surface area contributed by atoms with E-state index in [1.54, 1.807) is 0 Å². The van der Waals surface area contributed by atoms with Gasteiger partial charge in [-0.3, -0.25) is 4.79 Å². The highest BCUT2D eigenvalue weighted by atomic mass is 35.5. The highest BCUT2D eigenvalue weighted by Crippen LogP contribution is 2.25. The molecule has 5 heteroatoms. The molecule has 140 valence electrons. The third kappa shape index (κ3) is 6.04. The van der Waals surface area contributed by atoms with Gasteiger partial charge in [-0.05, 0) is 56.5 Å². The Bertz CT molecular complexity index is 673. The maximum atomic E-state index is 12.4. The Kier molecular flexibility index (Phi) is 8.45. The predicted molar refractivity (Wildman–Crippen MR) is 108 cm³/mol. The first kappa shape index (κ1) is 20.3. The molecule has 1 heterocycles. The summed E-state index contributed by atoms with van der Waals surface area (Å²) in [4.78, 5) is 12.4. The van der Waals surface area contributed by atoms with Crippen LogP contribution in [0.3, 0.4) is 0 Å². The van der Waals surface area contributed by atoms with E-state index in [0.717, 1.165) is 50.2 Å². The average molecular weight is 375 g/mol. The minimum absolute atomic E-state index is 0. The standard InChI is InChI=1S/C21H26N2O2.ClH/c24-21(18-12-14-22-15-13-18)23-19-10-4-5-11-20(19)25-16-6-9-17-7-2-1-3-8-17;/h1-5,7-8,10-11,18,22H,6,9,12-16H2,(H,23,24);1H. The molecule has 2 aromatic rings. The lowest BCUT2D eigenvalue weighted by Gasteiger charge is -2.22. The van der Waals surface area contributed by atoms with Gasteiger partial charge in [0.25, 0.3) is 0 Å². The third-order valence-corrected chi connectivity index (χ3v) is 4.57. The van der Waals surface area contributed by atoms with Gasteiger partial charge in [-0.2, -0.15) is 0 Å². The number of halogens is 1. The molecule has 1 aliphatic heterocycles. The van der Waals surface area contributed by atoms with Crippen molar-refractivity contribution in [3.63, 3.8) is 0 Å². The van der Waals surface area contributed by atoms with E-state index < -0.39 is 0 Å². The number of hydrogen-bond donors (Lipinski definition) is 2. The van der Waals surface area contributed by atoms with Crippen molar-refractivity contribution in [3.8, 4) is 5.75 Å². The van der Waals surface area contributed by atoms with Crippen molar-refractivity contribution in [1.29, 1.82) is 0 Å². The van der Waals surface area contributed by atoms with Gasteiger partial charge in [0.2, 0.25) is 5.91 Å². The minimum Gasteiger partial charge on any atom is -0.491 e. The summed E-state index contributed by atoms with van der Waals surface area (Å²) in [6.45, 7) is 2.46. The van der Waals surface area contributed by atoms with Crippen LogP contribution in [0, 0.1) is 5.92 Å². The fourth-order valence-electron chi connectivity index (χ4n) is 3.12. The monoisotopic (exact) mass is 374 g/mol. The number of para-hydroxylation sites is 2. The van der Waals surface area contributed by atoms with E-state index in [4.69, 9.17) is 4.74 Å². The number of nitrogens with one attached hydrogen (secondary N) is 2. The van der Waals surface area contributed by atoms with E-state index in [1.165, 1.54) is 5.56 Å². The average Bonchev–Trinajstić information content (AvgIpc) is 2.68. The van der Waals surface area contributed by atoms with Crippen molar-refractivity contribution in [3.05, 3.63) is 60.2 Å². The van der Waals surface area contributed by atoms with Crippen LogP contribution in [0.25, 0.3) is 0 Å². The van der Waals surface area contributed by atoms with Gasteiger partial charge in [-0.25, -0.2) is 0 Å². The van der Waals surface area contributed by atoms with Gasteiger partial charge in [-0.15, -0.1) is 12.4 Å². The van der Waals surface area contributed by atoms with Gasteiger partial charge in [0.05, 0.1) is 12.3 Å². The van der Waals surface area contributed by atoms with Crippen LogP contribution in [0.15, 0.2) is 54.6 Å². The first-order valence-electron chi connectivity index (χ1n) is 9.10. The highest BCUT2D eigenvalue weighted by Gasteiger charge is 2.21. The molecule has 0 atom stereocenters. The van der Waals surface area contributed by atoms with Crippen molar-refractivity contribution in [2.45, 2.75) is 25.7 Å². The Morgan fingerprint density at radius 2 is 1.73 bits per heavy atom. The summed E-state index contributed by atoms with van der Waals surface area (Å²) >= 11 is 0. The Morgan fingerprint density at radius 1 is 1.04 bits per heavy atom. The van der Waals surface area contributed by atoms with Gasteiger partial charge in [-0.1, -0.05) is 42.5 Å². The highest BCUT2D eigenvalue weighted by molar-refractivity contribution is 5.94. The van der Waals surface area contributed by atoms with Crippen LogP contribution in [0.5, 0.6) is 5.75 Å². The molecule has 0 aliphatic carbocycles. The van der Waals surface area contributed by atoms with Crippen molar-refractivity contribution in [2.75, 3.05) is 25.0 Å². The summed E-state index contributed by atoms with van der Waals surface area (Å²) in [5.74, 6) is 0.937. The fraction of sp³-hybridized carbons (Fsp3) is 0.381. The van der Waals surface area contributed by atoms with Crippen LogP contribution in [-0.4, -0.2) is 25.6 Å². The molecule has 0 aromatic heterocycles. The van der Waals surface area contributed by atoms with Crippen LogP contribution in [0.1, 0.15) is 24.8 Å². The molecule has 26 heavy (non-hydrogen) atoms. The molecule has 1 fully saturated rings. The second-order valence-corrected chi connectivity index (χ2v) is 6.45. The van der Waals surface area contributed by atoms with Gasteiger partial charge in [0.1, 0.15) is 5.75 Å². The SMILES string of the molecule is Cl.O=C(Nc1ccccc1OCCCc1ccccc1)C1CCNCC1. The Morgan fingerprint density at radius 3 is 2.50 bits per heavy atom. The number of benzene rings is 2. The second kappa shape index (κ2) is 10.8. The first-order valence-corrected chi connectivity index (χ1v) is 9.10. The van der Waals surface area contributed by atoms with E-state index in [-0.39, 0.29) is 24.2 Å². The number of hydrogen-bond acceptors (Lipinski definition) is 3. The van der Waals surface area contributed by atoms with E-state index in [1.807, 2.05) is 30.3 Å². The van der Waals surface area contributed by atoms with E-state index in [2.05, 4.69) is 34.9 Å². The third-order valence-electron chi connectivity index (χ3n) is 4.57. The Labute approximate surface area is 161 Å². The molecule has 0 unspecified atom stereocenters. The van der Waals surface area contributed by atoms with Crippen LogP contribution >= 0.6 is 12.4 Å². The maximum absolute atomic E-state index is 12.4. The van der Waals surface area contributed by atoms with Crippen molar-refractivity contribution >= 4 is 24.0 Å². The molecule has 0 bridgehead atoms. The topological polar surface area (TPSA) is 50.4 Å². The van der Waals surface area contributed by atoms with Crippen LogP contribution < -0.4 is 15.4 Å². The Hall–Kier alpha value is -2.04. The number of rotatable bonds is 7. The molecule has 0 spiro atoms. The van der Waals surface area contributed by atoms with E-state index >= 15 is 0 Å². The molecule has 0 radical (unpaired) electrons. The summed E-state index contributed by atoms with van der Waals surface area (Å²) in [5.41, 5.74) is 2.09. The largest absolute Gasteiger partial charge is 0.491 e. The number of carbonyl (C=O) groups excluding carboxylic acids is 1. The maximum Gasteiger partial charge on any atom is 0.227 e. The number of anilines is 1. The number of ether oxygens (including phenoxy) is 1. The normalized spacial score (nSPS) is 14.3. The minimum atomic E-state index is 0. The lowest BCUT2D eigenvalue weighted by molar-refractivity contribution is -0.120. The molecule has 2 N–H and O–H groups in total. The zero-order valence-corrected chi connectivity index (χ0v) is 15.8. The van der Waals surface area contributed by atoms with Crippen molar-refractivity contribution in [2.24, 2.45) is 5.92 Å². The number of carbonyl (C=O) groups is 1. The number of piperidine rings is 1. The van der Waals surface area contributed by atoms with Crippen molar-refractivity contribution in [1.82, 2.24) is 5.32 Å².